The molecule has 0 aliphatic carbocycles. The van der Waals surface area contributed by atoms with E-state index in [1.165, 1.54) is 30.3 Å². The highest BCUT2D eigenvalue weighted by atomic mass is 19.4. The molecule has 0 unspecified atom stereocenters. The highest BCUT2D eigenvalue weighted by Gasteiger charge is 2.32. The summed E-state index contributed by atoms with van der Waals surface area (Å²) >= 11 is 0. The van der Waals surface area contributed by atoms with Crippen molar-refractivity contribution in [3.05, 3.63) is 76.9 Å². The topological polar surface area (TPSA) is 87.3 Å². The first-order chi connectivity index (χ1) is 19.4. The first-order valence-electron chi connectivity index (χ1n) is 12.8. The molecule has 3 aromatic carbocycles. The maximum Gasteiger partial charge on any atom is 0.416 e. The lowest BCUT2D eigenvalue weighted by Crippen LogP contribution is -2.07. The van der Waals surface area contributed by atoms with Crippen molar-refractivity contribution < 1.29 is 31.1 Å². The lowest BCUT2D eigenvalue weighted by atomic mass is 9.94. The molecule has 10 heteroatoms. The molecule has 216 valence electrons. The zero-order valence-electron chi connectivity index (χ0n) is 22.1. The second-order valence-corrected chi connectivity index (χ2v) is 9.01. The molecule has 0 atom stereocenters. The van der Waals surface area contributed by atoms with Gasteiger partial charge in [0, 0.05) is 37.1 Å². The minimum atomic E-state index is -4.66. The Hall–Kier alpha value is -3.96. The molecule has 0 aromatic heterocycles. The van der Waals surface area contributed by atoms with E-state index in [4.69, 9.17) is 21.9 Å². The van der Waals surface area contributed by atoms with Crippen LogP contribution in [0.1, 0.15) is 41.5 Å². The highest BCUT2D eigenvalue weighted by Crippen LogP contribution is 2.38. The average Bonchev–Trinajstić information content (AvgIpc) is 2.92. The third kappa shape index (κ3) is 9.29. The van der Waals surface area contributed by atoms with E-state index in [-0.39, 0.29) is 47.7 Å². The van der Waals surface area contributed by atoms with Crippen molar-refractivity contribution in [3.8, 4) is 51.7 Å². The number of benzene rings is 3. The number of hydrogen-bond acceptors (Lipinski definition) is 4. The summed E-state index contributed by atoms with van der Waals surface area (Å²) in [6, 6.07) is 11.3. The number of rotatable bonds is 8. The molecule has 0 radical (unpaired) electrons. The fraction of sp³-hybridized carbons (Fsp3) is 0.290. The number of hydrogen-bond donors (Lipinski definition) is 3. The van der Waals surface area contributed by atoms with Crippen molar-refractivity contribution in [2.24, 2.45) is 17.2 Å². The van der Waals surface area contributed by atoms with Gasteiger partial charge in [-0.25, -0.2) is 0 Å². The molecule has 0 saturated carbocycles. The van der Waals surface area contributed by atoms with Gasteiger partial charge in [-0.3, -0.25) is 0 Å². The van der Waals surface area contributed by atoms with Crippen LogP contribution in [0, 0.1) is 23.7 Å². The quantitative estimate of drug-likeness (QED) is 0.171. The van der Waals surface area contributed by atoms with Crippen LogP contribution in [0.5, 0.6) is 5.75 Å². The van der Waals surface area contributed by atoms with E-state index in [0.717, 1.165) is 24.3 Å². The normalized spacial score (nSPS) is 11.3. The van der Waals surface area contributed by atoms with E-state index < -0.39 is 23.5 Å². The largest absolute Gasteiger partial charge is 0.494 e. The minimum absolute atomic E-state index is 0.121. The summed E-state index contributed by atoms with van der Waals surface area (Å²) in [5.41, 5.74) is 15.8. The van der Waals surface area contributed by atoms with Gasteiger partial charge in [-0.1, -0.05) is 23.7 Å². The zero-order chi connectivity index (χ0) is 30.0. The Labute approximate surface area is 234 Å². The number of ether oxygens (including phenoxy) is 1. The van der Waals surface area contributed by atoms with Gasteiger partial charge in [0.05, 0.1) is 17.7 Å². The Morgan fingerprint density at radius 1 is 0.561 bits per heavy atom. The fourth-order valence-corrected chi connectivity index (χ4v) is 3.82. The van der Waals surface area contributed by atoms with Crippen LogP contribution in [-0.2, 0) is 12.4 Å². The van der Waals surface area contributed by atoms with E-state index in [1.807, 2.05) is 0 Å². The highest BCUT2D eigenvalue weighted by molar-refractivity contribution is 5.77. The maximum atomic E-state index is 13.8. The average molecular weight is 574 g/mol. The smallest absolute Gasteiger partial charge is 0.416 e. The van der Waals surface area contributed by atoms with Gasteiger partial charge < -0.3 is 21.9 Å². The maximum absolute atomic E-state index is 13.8. The summed E-state index contributed by atoms with van der Waals surface area (Å²) in [5, 5.41) is 0. The van der Waals surface area contributed by atoms with Gasteiger partial charge >= 0.3 is 12.4 Å². The molecule has 0 amide bonds. The third-order valence-electron chi connectivity index (χ3n) is 5.72. The van der Waals surface area contributed by atoms with Crippen molar-refractivity contribution in [2.45, 2.75) is 31.6 Å². The van der Waals surface area contributed by atoms with E-state index >= 15 is 0 Å². The molecule has 0 spiro atoms. The Morgan fingerprint density at radius 2 is 1.00 bits per heavy atom. The number of alkyl halides is 6. The Morgan fingerprint density at radius 3 is 1.39 bits per heavy atom. The van der Waals surface area contributed by atoms with Crippen molar-refractivity contribution >= 4 is 0 Å². The first kappa shape index (κ1) is 31.6. The monoisotopic (exact) mass is 573 g/mol. The molecule has 3 aromatic rings. The fourth-order valence-electron chi connectivity index (χ4n) is 3.82. The minimum Gasteiger partial charge on any atom is -0.494 e. The summed E-state index contributed by atoms with van der Waals surface area (Å²) in [7, 11) is 0. The van der Waals surface area contributed by atoms with Gasteiger partial charge in [0.2, 0.25) is 0 Å². The van der Waals surface area contributed by atoms with E-state index in [0.29, 0.717) is 36.9 Å². The molecule has 0 aliphatic rings. The predicted molar refractivity (Wildman–Crippen MR) is 148 cm³/mol. The summed E-state index contributed by atoms with van der Waals surface area (Å²) in [5.74, 6) is 11.1. The zero-order valence-corrected chi connectivity index (χ0v) is 22.1. The van der Waals surface area contributed by atoms with Crippen LogP contribution in [0.3, 0.4) is 0 Å². The molecule has 0 bridgehead atoms. The second kappa shape index (κ2) is 14.1. The molecule has 0 saturated heterocycles. The summed E-state index contributed by atoms with van der Waals surface area (Å²) in [6.07, 6.45) is -8.22. The van der Waals surface area contributed by atoms with Crippen LogP contribution in [0.4, 0.5) is 26.3 Å². The van der Waals surface area contributed by atoms with Crippen LogP contribution in [0.2, 0.25) is 0 Å². The van der Waals surface area contributed by atoms with Crippen molar-refractivity contribution in [3.63, 3.8) is 0 Å². The second-order valence-electron chi connectivity index (χ2n) is 9.01. The molecule has 4 nitrogen and oxygen atoms in total. The Kier molecular flexibility index (Phi) is 10.8. The van der Waals surface area contributed by atoms with Crippen LogP contribution in [0.25, 0.3) is 22.3 Å². The SMILES string of the molecule is NCCC#Cc1cc(-c2cc(OCCCN)cc(-c3cc(C#CCCN)cc(C(F)(F)F)c3)c2)cc(C(F)(F)F)c1. The van der Waals surface area contributed by atoms with Crippen molar-refractivity contribution in [1.29, 1.82) is 0 Å². The Balaban J connectivity index is 2.25. The van der Waals surface area contributed by atoms with Crippen LogP contribution in [-0.4, -0.2) is 26.2 Å². The van der Waals surface area contributed by atoms with E-state index in [2.05, 4.69) is 23.7 Å². The summed E-state index contributed by atoms with van der Waals surface area (Å²) < 4.78 is 88.4. The number of halogens is 6. The lowest BCUT2D eigenvalue weighted by Gasteiger charge is -2.15. The van der Waals surface area contributed by atoms with Crippen LogP contribution >= 0.6 is 0 Å². The summed E-state index contributed by atoms with van der Waals surface area (Å²) in [6.45, 7) is 1.04. The molecular weight excluding hydrogens is 544 g/mol. The van der Waals surface area contributed by atoms with Crippen molar-refractivity contribution in [2.75, 3.05) is 26.2 Å². The summed E-state index contributed by atoms with van der Waals surface area (Å²) in [4.78, 5) is 0. The molecule has 0 aliphatic heterocycles. The van der Waals surface area contributed by atoms with Gasteiger partial charge in [-0.2, -0.15) is 26.3 Å². The van der Waals surface area contributed by atoms with E-state index in [1.54, 1.807) is 0 Å². The molecule has 6 N–H and O–H groups in total. The third-order valence-corrected chi connectivity index (χ3v) is 5.72. The van der Waals surface area contributed by atoms with Gasteiger partial charge in [0.25, 0.3) is 0 Å². The number of nitrogens with two attached hydrogens (primary N) is 3. The Bertz CT molecular complexity index is 1370. The predicted octanol–water partition coefficient (Wildman–Crippen LogP) is 6.19. The van der Waals surface area contributed by atoms with Gasteiger partial charge in [-0.15, -0.1) is 0 Å². The first-order valence-corrected chi connectivity index (χ1v) is 12.8. The molecule has 41 heavy (non-hydrogen) atoms. The lowest BCUT2D eigenvalue weighted by molar-refractivity contribution is -0.138. The van der Waals surface area contributed by atoms with Crippen LogP contribution in [0.15, 0.2) is 54.6 Å². The molecule has 3 rings (SSSR count). The molecule has 0 heterocycles. The van der Waals surface area contributed by atoms with E-state index in [9.17, 15) is 26.3 Å². The molecule has 0 fully saturated rings. The molecular formula is C31H29F6N3O. The van der Waals surface area contributed by atoms with Gasteiger partial charge in [0.15, 0.2) is 0 Å². The van der Waals surface area contributed by atoms with Gasteiger partial charge in [-0.05, 0) is 89.8 Å². The van der Waals surface area contributed by atoms with Gasteiger partial charge in [0.1, 0.15) is 5.75 Å². The van der Waals surface area contributed by atoms with Crippen molar-refractivity contribution in [1.82, 2.24) is 0 Å². The van der Waals surface area contributed by atoms with Crippen LogP contribution < -0.4 is 21.9 Å². The standard InChI is InChI=1S/C31H29F6N3O/c32-30(33,34)27-14-21(6-1-3-8-38)12-23(17-27)25-16-26(20-29(19-25)41-11-5-10-40)24-13-22(7-2-4-9-39)15-28(18-24)31(35,36)37/h12-20H,3-5,8-11,38-40H2.